The number of hydrogen-bond acceptors (Lipinski definition) is 13. The standard InChI is InChI=1S/2C34H38N6O4S.C2H6O.ClH/c2*1-34(2,35)33(44)37-25(17-23-19-38(3)27-10-5-4-9-24(23)27)31(42)36-26-16-22-8-6-11-28(39-14-7-12-29(39)41)30(22)40(32(26)43)18-21-13-15-45-20-21;1-2-3;/h2*4-6,8-11,13,15,19-20,25-26H,7,12,14,16-18,35H2,1-3H3,(H,36,42)(H,37,44);3H,2H2,1H3;1H/t2*25-,26?;;/m11../s1. The van der Waals surface area contributed by atoms with Crippen LogP contribution in [0.3, 0.4) is 0 Å². The highest BCUT2D eigenvalue weighted by Gasteiger charge is 2.42. The second kappa shape index (κ2) is 29.7. The summed E-state index contributed by atoms with van der Waals surface area (Å²) in [5, 5.41) is 29.1. The Hall–Kier alpha value is -8.71. The Bertz CT molecular complexity index is 3840. The van der Waals surface area contributed by atoms with Gasteiger partial charge in [0.1, 0.15) is 24.2 Å². The van der Waals surface area contributed by atoms with Gasteiger partial charge in [-0.2, -0.15) is 22.7 Å². The van der Waals surface area contributed by atoms with Crippen molar-refractivity contribution in [2.75, 3.05) is 39.3 Å². The number of nitrogens with one attached hydrogen (secondary N) is 4. The maximum atomic E-state index is 14.2. The van der Waals surface area contributed by atoms with Crippen LogP contribution in [0.1, 0.15) is 93.7 Å². The summed E-state index contributed by atoms with van der Waals surface area (Å²) in [6, 6.07) is 27.4. The number of amides is 8. The highest BCUT2D eigenvalue weighted by molar-refractivity contribution is 7.08. The van der Waals surface area contributed by atoms with Crippen molar-refractivity contribution in [2.24, 2.45) is 25.6 Å². The Morgan fingerprint density at radius 2 is 0.968 bits per heavy atom. The van der Waals surface area contributed by atoms with Gasteiger partial charge in [0.25, 0.3) is 0 Å². The molecule has 8 heterocycles. The number of nitrogens with zero attached hydrogens (tertiary/aromatic N) is 6. The van der Waals surface area contributed by atoms with E-state index in [9.17, 15) is 38.4 Å². The van der Waals surface area contributed by atoms with Crippen LogP contribution >= 0.6 is 35.1 Å². The number of fused-ring (bicyclic) bond motifs is 4. The van der Waals surface area contributed by atoms with Crippen LogP contribution in [0.15, 0.2) is 131 Å². The van der Waals surface area contributed by atoms with E-state index in [-0.39, 0.29) is 68.3 Å². The number of hydrogen-bond donors (Lipinski definition) is 7. The zero-order valence-corrected chi connectivity index (χ0v) is 56.4. The predicted octanol–water partition coefficient (Wildman–Crippen LogP) is 7.23. The van der Waals surface area contributed by atoms with E-state index in [4.69, 9.17) is 16.6 Å². The number of aromatic nitrogens is 2. The number of benzene rings is 4. The summed E-state index contributed by atoms with van der Waals surface area (Å²) in [7, 11) is 3.87. The van der Waals surface area contributed by atoms with Gasteiger partial charge in [0.05, 0.1) is 46.9 Å². The largest absolute Gasteiger partial charge is 0.397 e. The van der Waals surface area contributed by atoms with Gasteiger partial charge in [0.15, 0.2) is 0 Å². The van der Waals surface area contributed by atoms with Crippen LogP contribution < -0.4 is 52.3 Å². The summed E-state index contributed by atoms with van der Waals surface area (Å²) < 4.78 is 3.97. The van der Waals surface area contributed by atoms with Gasteiger partial charge in [0, 0.05) is 107 Å². The lowest BCUT2D eigenvalue weighted by Gasteiger charge is -2.37. The first kappa shape index (κ1) is 69.6. The average molecular weight is 1340 g/mol. The minimum Gasteiger partial charge on any atom is -0.397 e. The molecule has 4 aromatic heterocycles. The van der Waals surface area contributed by atoms with Crippen molar-refractivity contribution in [3.8, 4) is 0 Å². The van der Waals surface area contributed by atoms with Crippen LogP contribution in [-0.4, -0.2) is 116 Å². The van der Waals surface area contributed by atoms with Crippen LogP contribution in [0.4, 0.5) is 22.7 Å². The van der Waals surface area contributed by atoms with E-state index in [1.165, 1.54) is 0 Å². The summed E-state index contributed by atoms with van der Waals surface area (Å²) in [6.07, 6.45) is 7.34. The molecule has 4 aromatic carbocycles. The van der Waals surface area contributed by atoms with E-state index in [2.05, 4.69) is 21.3 Å². The second-order valence-corrected chi connectivity index (χ2v) is 26.9. The minimum absolute atomic E-state index is 0. The van der Waals surface area contributed by atoms with Crippen LogP contribution in [0.25, 0.3) is 21.8 Å². The average Bonchev–Trinajstić information content (AvgIpc) is 0.787. The van der Waals surface area contributed by atoms with E-state index in [0.29, 0.717) is 50.4 Å². The maximum Gasteiger partial charge on any atom is 0.250 e. The lowest BCUT2D eigenvalue weighted by atomic mass is 9.94. The highest BCUT2D eigenvalue weighted by Crippen LogP contribution is 2.42. The number of halogens is 1. The normalized spacial score (nSPS) is 16.9. The van der Waals surface area contributed by atoms with Gasteiger partial charge in [-0.15, -0.1) is 12.4 Å². The molecular weight excluding hydrogens is 1250 g/mol. The molecule has 0 radical (unpaired) electrons. The molecule has 4 aliphatic rings. The van der Waals surface area contributed by atoms with Gasteiger partial charge >= 0.3 is 0 Å². The van der Waals surface area contributed by atoms with E-state index in [0.717, 1.165) is 79.4 Å². The predicted molar refractivity (Wildman–Crippen MR) is 372 cm³/mol. The molecule has 2 unspecified atom stereocenters. The van der Waals surface area contributed by atoms with Crippen molar-refractivity contribution in [3.05, 3.63) is 164 Å². The van der Waals surface area contributed by atoms with Crippen molar-refractivity contribution in [1.82, 2.24) is 30.4 Å². The van der Waals surface area contributed by atoms with Crippen LogP contribution in [0, 0.1) is 0 Å². The van der Waals surface area contributed by atoms with Gasteiger partial charge in [0.2, 0.25) is 47.3 Å². The summed E-state index contributed by atoms with van der Waals surface area (Å²) in [4.78, 5) is 115. The third kappa shape index (κ3) is 15.4. The lowest BCUT2D eigenvalue weighted by Crippen LogP contribution is -2.60. The first-order chi connectivity index (χ1) is 44.4. The van der Waals surface area contributed by atoms with Crippen molar-refractivity contribution in [2.45, 2.75) is 134 Å². The number of aryl methyl sites for hydroxylation is 2. The molecule has 2 saturated heterocycles. The molecule has 94 heavy (non-hydrogen) atoms. The first-order valence-electron chi connectivity index (χ1n) is 31.4. The van der Waals surface area contributed by atoms with Crippen molar-refractivity contribution in [1.29, 1.82) is 0 Å². The molecule has 496 valence electrons. The zero-order valence-electron chi connectivity index (χ0n) is 54.0. The lowest BCUT2D eigenvalue weighted by molar-refractivity contribution is -0.133. The number of rotatable bonds is 18. The van der Waals surface area contributed by atoms with Gasteiger partial charge in [-0.05, 0) is 139 Å². The third-order valence-corrected chi connectivity index (χ3v) is 18.6. The topological polar surface area (TPSA) is 280 Å². The molecule has 24 heteroatoms. The molecule has 21 nitrogen and oxygen atoms in total. The number of aliphatic hydroxyl groups is 1. The number of thiophene rings is 2. The fourth-order valence-electron chi connectivity index (χ4n) is 12.5. The van der Waals surface area contributed by atoms with Crippen molar-refractivity contribution in [3.63, 3.8) is 0 Å². The SMILES string of the molecule is CCO.Cl.Cn1cc(C[C@@H](NC(=O)C(C)(C)N)C(=O)NC2Cc3cccc(N4CCCC4=O)c3N(Cc3ccsc3)C2=O)c2ccccc21.Cn1cc(C[C@@H](NC(=O)C(C)(C)N)C(=O)NC2Cc3cccc(N4CCCC4=O)c3N(Cc3ccsc3)C2=O)c2ccccc21. The molecule has 4 atom stereocenters. The molecule has 0 saturated carbocycles. The van der Waals surface area contributed by atoms with Gasteiger partial charge in [-0.25, -0.2) is 0 Å². The Kier molecular flexibility index (Phi) is 22.0. The van der Waals surface area contributed by atoms with E-state index >= 15 is 0 Å². The zero-order chi connectivity index (χ0) is 66.5. The van der Waals surface area contributed by atoms with Crippen LogP contribution in [-0.2, 0) is 91.2 Å². The molecule has 12 rings (SSSR count). The first-order valence-corrected chi connectivity index (χ1v) is 33.3. The summed E-state index contributed by atoms with van der Waals surface area (Å²) in [5.74, 6) is -2.34. The van der Waals surface area contributed by atoms with E-state index in [1.807, 2.05) is 154 Å². The van der Waals surface area contributed by atoms with Crippen molar-refractivity contribution >= 4 is 127 Å². The Balaban J connectivity index is 0.000000210. The third-order valence-electron chi connectivity index (χ3n) is 17.1. The quantitative estimate of drug-likeness (QED) is 0.0450. The van der Waals surface area contributed by atoms with Gasteiger partial charge in [-0.1, -0.05) is 60.7 Å². The molecule has 0 aliphatic carbocycles. The Morgan fingerprint density at radius 3 is 1.31 bits per heavy atom. The molecule has 2 fully saturated rings. The van der Waals surface area contributed by atoms with Crippen LogP contribution in [0.2, 0.25) is 0 Å². The smallest absolute Gasteiger partial charge is 0.250 e. The van der Waals surface area contributed by atoms with E-state index in [1.54, 1.807) is 76.9 Å². The number of carbonyl (C=O) groups excluding carboxylic acids is 8. The number of nitrogens with two attached hydrogens (primary N) is 2. The number of anilines is 4. The molecule has 0 spiro atoms. The van der Waals surface area contributed by atoms with Crippen molar-refractivity contribution < 1.29 is 43.5 Å². The molecule has 8 amide bonds. The fraction of sp³-hybridized carbons (Fsp3) is 0.371. The molecule has 0 bridgehead atoms. The number of para-hydroxylation sites is 4. The summed E-state index contributed by atoms with van der Waals surface area (Å²) >= 11 is 3.08. The monoisotopic (exact) mass is 1330 g/mol. The van der Waals surface area contributed by atoms with Gasteiger partial charge in [-0.3, -0.25) is 38.4 Å². The van der Waals surface area contributed by atoms with Gasteiger partial charge < -0.3 is 66.6 Å². The number of aliphatic hydroxyl groups excluding tert-OH is 1. The second-order valence-electron chi connectivity index (χ2n) is 25.3. The molecule has 8 aromatic rings. The van der Waals surface area contributed by atoms with Crippen LogP contribution in [0.5, 0.6) is 0 Å². The molecule has 4 aliphatic heterocycles. The Morgan fingerprint density at radius 1 is 0.585 bits per heavy atom. The maximum absolute atomic E-state index is 14.2. The minimum atomic E-state index is -1.21. The summed E-state index contributed by atoms with van der Waals surface area (Å²) in [5.41, 5.74) is 20.1. The fourth-order valence-corrected chi connectivity index (χ4v) is 13.8. The molecule has 9 N–H and O–H groups in total. The summed E-state index contributed by atoms with van der Waals surface area (Å²) in [6.45, 7) is 10.1. The van der Waals surface area contributed by atoms with E-state index < -0.39 is 58.9 Å². The number of carbonyl (C=O) groups is 8. The molecular formula is C70H83ClN12O9S2. The highest BCUT2D eigenvalue weighted by atomic mass is 35.5. The Labute approximate surface area is 561 Å².